The molecule has 0 fully saturated rings. The van der Waals surface area contributed by atoms with Crippen LogP contribution in [0, 0.1) is 13.8 Å². The number of nitrogens with two attached hydrogens (primary N) is 1. The summed E-state index contributed by atoms with van der Waals surface area (Å²) in [6, 6.07) is 1.76. The van der Waals surface area contributed by atoms with E-state index < -0.39 is 11.9 Å². The first-order valence-electron chi connectivity index (χ1n) is 6.39. The Hall–Kier alpha value is -2.11. The topological polar surface area (TPSA) is 85.5 Å². The third-order valence-electron chi connectivity index (χ3n) is 2.99. The number of primary amides is 1. The number of pyridine rings is 1. The van der Waals surface area contributed by atoms with Gasteiger partial charge in [0.25, 0.3) is 5.91 Å². The first kappa shape index (κ1) is 15.9. The van der Waals surface area contributed by atoms with Crippen LogP contribution in [-0.4, -0.2) is 36.6 Å². The van der Waals surface area contributed by atoms with Crippen molar-refractivity contribution in [1.29, 1.82) is 0 Å². The summed E-state index contributed by atoms with van der Waals surface area (Å²) in [5, 5.41) is 0. The van der Waals surface area contributed by atoms with E-state index in [0.29, 0.717) is 11.4 Å². The number of ether oxygens (including phenoxy) is 1. The van der Waals surface area contributed by atoms with Gasteiger partial charge in [0.15, 0.2) is 0 Å². The second-order valence-electron chi connectivity index (χ2n) is 4.94. The van der Waals surface area contributed by atoms with Crippen LogP contribution in [0.5, 0.6) is 0 Å². The molecule has 0 aliphatic rings. The molecule has 6 heteroatoms. The first-order chi connectivity index (χ1) is 9.27. The standard InChI is InChI=1S/C14H21N3O3/c1-8(2)17(7-11(18)20-5)14-12(13(15)19)9(3)6-10(4)16-14/h6,8H,7H2,1-5H3,(H2,15,19). The highest BCUT2D eigenvalue weighted by Gasteiger charge is 2.23. The largest absolute Gasteiger partial charge is 0.468 e. The van der Waals surface area contributed by atoms with Gasteiger partial charge in [0.2, 0.25) is 0 Å². The third kappa shape index (κ3) is 3.46. The minimum atomic E-state index is -0.555. The maximum atomic E-state index is 11.7. The van der Waals surface area contributed by atoms with Crippen molar-refractivity contribution in [3.05, 3.63) is 22.9 Å². The van der Waals surface area contributed by atoms with Crippen LogP contribution in [-0.2, 0) is 9.53 Å². The molecule has 0 aromatic carbocycles. The fraction of sp³-hybridized carbons (Fsp3) is 0.500. The molecule has 110 valence electrons. The van der Waals surface area contributed by atoms with Crippen LogP contribution in [0.25, 0.3) is 0 Å². The number of esters is 1. The summed E-state index contributed by atoms with van der Waals surface area (Å²) in [7, 11) is 1.32. The van der Waals surface area contributed by atoms with E-state index in [9.17, 15) is 9.59 Å². The second-order valence-corrected chi connectivity index (χ2v) is 4.94. The molecule has 0 saturated heterocycles. The molecule has 1 aromatic rings. The summed E-state index contributed by atoms with van der Waals surface area (Å²) in [5.41, 5.74) is 7.29. The van der Waals surface area contributed by atoms with Crippen molar-refractivity contribution in [2.24, 2.45) is 5.73 Å². The Morgan fingerprint density at radius 2 is 2.00 bits per heavy atom. The minimum absolute atomic E-state index is 0.0182. The van der Waals surface area contributed by atoms with E-state index >= 15 is 0 Å². The van der Waals surface area contributed by atoms with Gasteiger partial charge in [-0.2, -0.15) is 0 Å². The van der Waals surface area contributed by atoms with E-state index in [1.807, 2.05) is 20.8 Å². The van der Waals surface area contributed by atoms with Crippen LogP contribution in [0.2, 0.25) is 0 Å². The quantitative estimate of drug-likeness (QED) is 0.818. The van der Waals surface area contributed by atoms with Crippen molar-refractivity contribution in [2.45, 2.75) is 33.7 Å². The summed E-state index contributed by atoms with van der Waals surface area (Å²) in [6.07, 6.45) is 0. The molecule has 0 unspecified atom stereocenters. The second kappa shape index (κ2) is 6.36. The van der Waals surface area contributed by atoms with Crippen LogP contribution in [0.4, 0.5) is 5.82 Å². The molecular formula is C14H21N3O3. The Kier molecular flexibility index (Phi) is 5.07. The van der Waals surface area contributed by atoms with Crippen LogP contribution < -0.4 is 10.6 Å². The van der Waals surface area contributed by atoms with Crippen LogP contribution in [0.1, 0.15) is 35.5 Å². The van der Waals surface area contributed by atoms with Gasteiger partial charge >= 0.3 is 5.97 Å². The van der Waals surface area contributed by atoms with Crippen LogP contribution >= 0.6 is 0 Å². The molecule has 0 aliphatic heterocycles. The predicted octanol–water partition coefficient (Wildman–Crippen LogP) is 1.19. The Morgan fingerprint density at radius 3 is 2.45 bits per heavy atom. The normalized spacial score (nSPS) is 10.5. The van der Waals surface area contributed by atoms with E-state index in [-0.39, 0.29) is 12.6 Å². The van der Waals surface area contributed by atoms with Crippen molar-refractivity contribution < 1.29 is 14.3 Å². The molecular weight excluding hydrogens is 258 g/mol. The van der Waals surface area contributed by atoms with Crippen molar-refractivity contribution in [3.8, 4) is 0 Å². The molecule has 1 aromatic heterocycles. The van der Waals surface area contributed by atoms with Gasteiger partial charge in [-0.25, -0.2) is 4.98 Å². The van der Waals surface area contributed by atoms with Gasteiger partial charge in [-0.15, -0.1) is 0 Å². The lowest BCUT2D eigenvalue weighted by atomic mass is 10.1. The molecule has 0 atom stereocenters. The number of amides is 1. The number of hydrogen-bond acceptors (Lipinski definition) is 5. The summed E-state index contributed by atoms with van der Waals surface area (Å²) in [6.45, 7) is 7.47. The number of aromatic nitrogens is 1. The molecule has 1 amide bonds. The lowest BCUT2D eigenvalue weighted by Gasteiger charge is -2.28. The Bertz CT molecular complexity index is 527. The molecule has 0 spiro atoms. The maximum absolute atomic E-state index is 11.7. The number of anilines is 1. The first-order valence-corrected chi connectivity index (χ1v) is 6.39. The summed E-state index contributed by atoms with van der Waals surface area (Å²) < 4.78 is 4.69. The molecule has 0 saturated carbocycles. The molecule has 1 heterocycles. The number of aryl methyl sites for hydroxylation is 2. The molecule has 2 N–H and O–H groups in total. The van der Waals surface area contributed by atoms with Gasteiger partial charge < -0.3 is 15.4 Å². The van der Waals surface area contributed by atoms with Gasteiger partial charge in [0, 0.05) is 11.7 Å². The Morgan fingerprint density at radius 1 is 1.40 bits per heavy atom. The lowest BCUT2D eigenvalue weighted by Crippen LogP contribution is -2.38. The molecule has 6 nitrogen and oxygen atoms in total. The highest BCUT2D eigenvalue weighted by Crippen LogP contribution is 2.24. The van der Waals surface area contributed by atoms with E-state index in [4.69, 9.17) is 5.73 Å². The SMILES string of the molecule is COC(=O)CN(c1nc(C)cc(C)c1C(N)=O)C(C)C. The smallest absolute Gasteiger partial charge is 0.325 e. The Labute approximate surface area is 118 Å². The molecule has 0 radical (unpaired) electrons. The third-order valence-corrected chi connectivity index (χ3v) is 2.99. The van der Waals surface area contributed by atoms with E-state index in [2.05, 4.69) is 9.72 Å². The molecule has 1 rings (SSSR count). The van der Waals surface area contributed by atoms with Crippen molar-refractivity contribution in [3.63, 3.8) is 0 Å². The number of rotatable bonds is 5. The maximum Gasteiger partial charge on any atom is 0.325 e. The molecule has 0 aliphatic carbocycles. The number of carbonyl (C=O) groups is 2. The van der Waals surface area contributed by atoms with Gasteiger partial charge in [-0.05, 0) is 39.3 Å². The molecule has 0 bridgehead atoms. The van der Waals surface area contributed by atoms with Crippen LogP contribution in [0.3, 0.4) is 0 Å². The van der Waals surface area contributed by atoms with Crippen molar-refractivity contribution in [1.82, 2.24) is 4.98 Å². The van der Waals surface area contributed by atoms with Gasteiger partial charge in [-0.1, -0.05) is 0 Å². The fourth-order valence-electron chi connectivity index (χ4n) is 2.04. The lowest BCUT2D eigenvalue weighted by molar-refractivity contribution is -0.139. The monoisotopic (exact) mass is 279 g/mol. The molecule has 20 heavy (non-hydrogen) atoms. The number of hydrogen-bond donors (Lipinski definition) is 1. The van der Waals surface area contributed by atoms with Crippen molar-refractivity contribution >= 4 is 17.7 Å². The summed E-state index contributed by atoms with van der Waals surface area (Å²) in [5.74, 6) is -0.522. The predicted molar refractivity (Wildman–Crippen MR) is 76.7 cm³/mol. The van der Waals surface area contributed by atoms with E-state index in [1.165, 1.54) is 7.11 Å². The highest BCUT2D eigenvalue weighted by molar-refractivity contribution is 5.99. The van der Waals surface area contributed by atoms with E-state index in [1.54, 1.807) is 17.9 Å². The van der Waals surface area contributed by atoms with Gasteiger partial charge in [-0.3, -0.25) is 9.59 Å². The highest BCUT2D eigenvalue weighted by atomic mass is 16.5. The zero-order chi connectivity index (χ0) is 15.4. The van der Waals surface area contributed by atoms with Gasteiger partial charge in [0.1, 0.15) is 12.4 Å². The Balaban J connectivity index is 3.38. The summed E-state index contributed by atoms with van der Waals surface area (Å²) >= 11 is 0. The summed E-state index contributed by atoms with van der Waals surface area (Å²) in [4.78, 5) is 29.3. The minimum Gasteiger partial charge on any atom is -0.468 e. The number of methoxy groups -OCH3 is 1. The van der Waals surface area contributed by atoms with Crippen LogP contribution in [0.15, 0.2) is 6.07 Å². The average Bonchev–Trinajstić information content (AvgIpc) is 2.33. The number of nitrogens with zero attached hydrogens (tertiary/aromatic N) is 2. The van der Waals surface area contributed by atoms with Crippen molar-refractivity contribution in [2.75, 3.05) is 18.6 Å². The number of carbonyl (C=O) groups excluding carboxylic acids is 2. The van der Waals surface area contributed by atoms with E-state index in [0.717, 1.165) is 11.3 Å². The average molecular weight is 279 g/mol. The zero-order valence-corrected chi connectivity index (χ0v) is 12.6. The fourth-order valence-corrected chi connectivity index (χ4v) is 2.04. The van der Waals surface area contributed by atoms with Gasteiger partial charge in [0.05, 0.1) is 12.7 Å². The zero-order valence-electron chi connectivity index (χ0n) is 12.6.